The topological polar surface area (TPSA) is 117 Å². The standard InChI is InChI=1S/C21H20N2O6/c24-18(22-11-14-7-9-17(29-14)21(27)28)12-6-8-15-16(10-12)20(26)23(19(15)25)13-4-2-1-3-5-13/h6-10,13H,1-5,11H2,(H,22,24)(H,27,28). The fourth-order valence-electron chi connectivity index (χ4n) is 3.93. The molecule has 1 aromatic carbocycles. The number of rotatable bonds is 5. The Morgan fingerprint density at radius 1 is 1.03 bits per heavy atom. The largest absolute Gasteiger partial charge is 0.475 e. The van der Waals surface area contributed by atoms with Gasteiger partial charge in [-0.25, -0.2) is 4.79 Å². The molecule has 1 aliphatic carbocycles. The van der Waals surface area contributed by atoms with Gasteiger partial charge in [0.15, 0.2) is 0 Å². The molecule has 0 atom stereocenters. The smallest absolute Gasteiger partial charge is 0.371 e. The highest BCUT2D eigenvalue weighted by Gasteiger charge is 2.40. The van der Waals surface area contributed by atoms with Gasteiger partial charge < -0.3 is 14.8 Å². The Bertz CT molecular complexity index is 1000. The fraction of sp³-hybridized carbons (Fsp3) is 0.333. The van der Waals surface area contributed by atoms with Crippen molar-refractivity contribution in [1.82, 2.24) is 10.2 Å². The number of aromatic carboxylic acids is 1. The van der Waals surface area contributed by atoms with Crippen molar-refractivity contribution >= 4 is 23.7 Å². The van der Waals surface area contributed by atoms with Crippen molar-refractivity contribution in [3.63, 3.8) is 0 Å². The third kappa shape index (κ3) is 3.53. The van der Waals surface area contributed by atoms with Crippen LogP contribution < -0.4 is 5.32 Å². The van der Waals surface area contributed by atoms with Gasteiger partial charge in [-0.1, -0.05) is 19.3 Å². The Morgan fingerprint density at radius 3 is 2.45 bits per heavy atom. The van der Waals surface area contributed by atoms with Crippen LogP contribution in [0.4, 0.5) is 0 Å². The number of imide groups is 1. The van der Waals surface area contributed by atoms with Gasteiger partial charge in [0.1, 0.15) is 5.76 Å². The maximum atomic E-state index is 12.8. The Balaban J connectivity index is 1.47. The maximum absolute atomic E-state index is 12.8. The predicted molar refractivity (Wildman–Crippen MR) is 101 cm³/mol. The minimum absolute atomic E-state index is 0.00424. The molecule has 2 heterocycles. The van der Waals surface area contributed by atoms with Crippen molar-refractivity contribution in [2.75, 3.05) is 0 Å². The summed E-state index contributed by atoms with van der Waals surface area (Å²) in [5.41, 5.74) is 0.828. The Hall–Kier alpha value is -3.42. The second-order valence-electron chi connectivity index (χ2n) is 7.29. The summed E-state index contributed by atoms with van der Waals surface area (Å²) in [6.45, 7) is 0.00424. The van der Waals surface area contributed by atoms with Crippen molar-refractivity contribution in [2.45, 2.75) is 44.7 Å². The second-order valence-corrected chi connectivity index (χ2v) is 7.29. The number of benzene rings is 1. The quantitative estimate of drug-likeness (QED) is 0.751. The highest BCUT2D eigenvalue weighted by Crippen LogP contribution is 2.31. The van der Waals surface area contributed by atoms with Gasteiger partial charge in [-0.2, -0.15) is 0 Å². The molecule has 1 fully saturated rings. The van der Waals surface area contributed by atoms with Gasteiger partial charge in [-0.15, -0.1) is 0 Å². The molecule has 2 aromatic rings. The van der Waals surface area contributed by atoms with Crippen LogP contribution in [0.2, 0.25) is 0 Å². The zero-order chi connectivity index (χ0) is 20.5. The van der Waals surface area contributed by atoms with E-state index in [1.54, 1.807) is 0 Å². The van der Waals surface area contributed by atoms with Gasteiger partial charge in [-0.3, -0.25) is 19.3 Å². The lowest BCUT2D eigenvalue weighted by molar-refractivity contribution is 0.0547. The summed E-state index contributed by atoms with van der Waals surface area (Å²) in [5.74, 6) is -2.18. The van der Waals surface area contributed by atoms with Crippen molar-refractivity contribution in [3.8, 4) is 0 Å². The van der Waals surface area contributed by atoms with Crippen LogP contribution >= 0.6 is 0 Å². The van der Waals surface area contributed by atoms with Crippen LogP contribution in [0.3, 0.4) is 0 Å². The molecule has 0 saturated heterocycles. The first-order valence-electron chi connectivity index (χ1n) is 9.58. The van der Waals surface area contributed by atoms with Crippen LogP contribution in [-0.4, -0.2) is 39.7 Å². The molecule has 1 saturated carbocycles. The van der Waals surface area contributed by atoms with Gasteiger partial charge in [-0.05, 0) is 43.2 Å². The van der Waals surface area contributed by atoms with Gasteiger partial charge >= 0.3 is 5.97 Å². The first-order chi connectivity index (χ1) is 14.0. The Kier molecular flexibility index (Phi) is 4.92. The average molecular weight is 396 g/mol. The molecule has 3 amide bonds. The monoisotopic (exact) mass is 396 g/mol. The molecule has 2 N–H and O–H groups in total. The van der Waals surface area contributed by atoms with Crippen LogP contribution in [-0.2, 0) is 6.54 Å². The molecule has 1 aliphatic heterocycles. The maximum Gasteiger partial charge on any atom is 0.371 e. The van der Waals surface area contributed by atoms with Crippen LogP contribution in [0, 0.1) is 0 Å². The number of carbonyl (C=O) groups is 4. The molecular formula is C21H20N2O6. The summed E-state index contributed by atoms with van der Waals surface area (Å²) in [6.07, 6.45) is 4.76. The minimum atomic E-state index is -1.19. The van der Waals surface area contributed by atoms with E-state index in [0.29, 0.717) is 11.3 Å². The molecule has 0 spiro atoms. The van der Waals surface area contributed by atoms with E-state index in [1.165, 1.54) is 35.2 Å². The summed E-state index contributed by atoms with van der Waals surface area (Å²) < 4.78 is 5.10. The van der Waals surface area contributed by atoms with E-state index in [2.05, 4.69) is 5.32 Å². The first kappa shape index (κ1) is 18.9. The minimum Gasteiger partial charge on any atom is -0.475 e. The number of furan rings is 1. The highest BCUT2D eigenvalue weighted by atomic mass is 16.4. The van der Waals surface area contributed by atoms with Crippen molar-refractivity contribution in [1.29, 1.82) is 0 Å². The van der Waals surface area contributed by atoms with Gasteiger partial charge in [0.2, 0.25) is 5.76 Å². The number of fused-ring (bicyclic) bond motifs is 1. The number of hydrogen-bond donors (Lipinski definition) is 2. The second kappa shape index (κ2) is 7.54. The number of carbonyl (C=O) groups excluding carboxylic acids is 3. The summed E-state index contributed by atoms with van der Waals surface area (Å²) >= 11 is 0. The van der Waals surface area contributed by atoms with E-state index in [9.17, 15) is 19.2 Å². The lowest BCUT2D eigenvalue weighted by Crippen LogP contribution is -2.40. The number of carboxylic acids is 1. The van der Waals surface area contributed by atoms with E-state index in [0.717, 1.165) is 32.1 Å². The fourth-order valence-corrected chi connectivity index (χ4v) is 3.93. The van der Waals surface area contributed by atoms with Crippen LogP contribution in [0.15, 0.2) is 34.7 Å². The highest BCUT2D eigenvalue weighted by molar-refractivity contribution is 6.22. The molecule has 150 valence electrons. The zero-order valence-corrected chi connectivity index (χ0v) is 15.6. The molecule has 2 aliphatic rings. The van der Waals surface area contributed by atoms with Gasteiger partial charge in [0.05, 0.1) is 17.7 Å². The molecule has 4 rings (SSSR count). The number of nitrogens with zero attached hydrogens (tertiary/aromatic N) is 1. The summed E-state index contributed by atoms with van der Waals surface area (Å²) in [7, 11) is 0. The van der Waals surface area contributed by atoms with E-state index in [-0.39, 0.29) is 41.3 Å². The molecule has 1 aromatic heterocycles. The SMILES string of the molecule is O=C(NCc1ccc(C(=O)O)o1)c1ccc2c(c1)C(=O)N(C1CCCCC1)C2=O. The molecule has 29 heavy (non-hydrogen) atoms. The van der Waals surface area contributed by atoms with E-state index < -0.39 is 11.9 Å². The molecule has 0 bridgehead atoms. The van der Waals surface area contributed by atoms with Gasteiger partial charge in [0, 0.05) is 11.6 Å². The lowest BCUT2D eigenvalue weighted by atomic mass is 9.94. The van der Waals surface area contributed by atoms with E-state index >= 15 is 0 Å². The number of carboxylic acid groups (broad SMARTS) is 1. The number of nitrogens with one attached hydrogen (secondary N) is 1. The molecular weight excluding hydrogens is 376 g/mol. The summed E-state index contributed by atoms with van der Waals surface area (Å²) in [5, 5.41) is 11.5. The number of amides is 3. The van der Waals surface area contributed by atoms with Crippen molar-refractivity contribution < 1.29 is 28.7 Å². The number of hydrogen-bond acceptors (Lipinski definition) is 5. The van der Waals surface area contributed by atoms with Crippen LogP contribution in [0.5, 0.6) is 0 Å². The van der Waals surface area contributed by atoms with Crippen molar-refractivity contribution in [2.24, 2.45) is 0 Å². The van der Waals surface area contributed by atoms with Crippen molar-refractivity contribution in [3.05, 3.63) is 58.5 Å². The predicted octanol–water partition coefficient (Wildman–Crippen LogP) is 2.84. The van der Waals surface area contributed by atoms with E-state index in [4.69, 9.17) is 9.52 Å². The van der Waals surface area contributed by atoms with Crippen LogP contribution in [0.1, 0.15) is 79.5 Å². The third-order valence-corrected chi connectivity index (χ3v) is 5.42. The summed E-state index contributed by atoms with van der Waals surface area (Å²) in [6, 6.07) is 7.17. The van der Waals surface area contributed by atoms with E-state index in [1.807, 2.05) is 0 Å². The molecule has 8 heteroatoms. The third-order valence-electron chi connectivity index (χ3n) is 5.42. The zero-order valence-electron chi connectivity index (χ0n) is 15.6. The lowest BCUT2D eigenvalue weighted by Gasteiger charge is -2.29. The van der Waals surface area contributed by atoms with Crippen LogP contribution in [0.25, 0.3) is 0 Å². The first-order valence-corrected chi connectivity index (χ1v) is 9.58. The molecule has 8 nitrogen and oxygen atoms in total. The Morgan fingerprint density at radius 2 is 1.76 bits per heavy atom. The Labute approximate surface area is 166 Å². The molecule has 0 radical (unpaired) electrons. The summed E-state index contributed by atoms with van der Waals surface area (Å²) in [4.78, 5) is 50.2. The van der Waals surface area contributed by atoms with Gasteiger partial charge in [0.25, 0.3) is 17.7 Å². The normalized spacial score (nSPS) is 16.8. The molecule has 0 unspecified atom stereocenters. The average Bonchev–Trinajstić information content (AvgIpc) is 3.30.